The number of amidine groups is 1. The molecule has 0 unspecified atom stereocenters. The van der Waals surface area contributed by atoms with Gasteiger partial charge in [0.2, 0.25) is 5.96 Å². The second-order valence-corrected chi connectivity index (χ2v) is 6.47. The van der Waals surface area contributed by atoms with Crippen LogP contribution in [-0.4, -0.2) is 54.3 Å². The molecule has 1 aliphatic carbocycles. The first-order valence-corrected chi connectivity index (χ1v) is 8.44. The fraction of sp³-hybridized carbons (Fsp3) is 0.875. The molecule has 1 saturated carbocycles. The van der Waals surface area contributed by atoms with Gasteiger partial charge in [-0.2, -0.15) is 0 Å². The molecule has 0 spiro atoms. The van der Waals surface area contributed by atoms with E-state index >= 15 is 0 Å². The highest BCUT2D eigenvalue weighted by Gasteiger charge is 2.22. The summed E-state index contributed by atoms with van der Waals surface area (Å²) in [5.41, 5.74) is 0. The molecule has 4 heteroatoms. The van der Waals surface area contributed by atoms with E-state index in [4.69, 9.17) is 9.98 Å². The van der Waals surface area contributed by atoms with Crippen LogP contribution in [0.25, 0.3) is 0 Å². The van der Waals surface area contributed by atoms with Gasteiger partial charge in [-0.25, -0.2) is 9.98 Å². The monoisotopic (exact) mass is 276 g/mol. The highest BCUT2D eigenvalue weighted by atomic mass is 15.3. The third-order valence-electron chi connectivity index (χ3n) is 4.83. The topological polar surface area (TPSA) is 31.2 Å². The maximum absolute atomic E-state index is 5.04. The van der Waals surface area contributed by atoms with Crippen molar-refractivity contribution in [2.24, 2.45) is 9.98 Å². The molecule has 3 rings (SSSR count). The summed E-state index contributed by atoms with van der Waals surface area (Å²) >= 11 is 0. The van der Waals surface area contributed by atoms with Gasteiger partial charge in [0.1, 0.15) is 5.84 Å². The number of rotatable bonds is 1. The fourth-order valence-electron chi connectivity index (χ4n) is 3.52. The van der Waals surface area contributed by atoms with E-state index in [0.29, 0.717) is 6.04 Å². The summed E-state index contributed by atoms with van der Waals surface area (Å²) in [6.45, 7) is 3.44. The first kappa shape index (κ1) is 13.9. The zero-order valence-electron chi connectivity index (χ0n) is 12.9. The van der Waals surface area contributed by atoms with Crippen LogP contribution in [0.3, 0.4) is 0 Å². The van der Waals surface area contributed by atoms with Crippen LogP contribution < -0.4 is 0 Å². The second-order valence-electron chi connectivity index (χ2n) is 6.47. The highest BCUT2D eigenvalue weighted by molar-refractivity contribution is 5.96. The predicted molar refractivity (Wildman–Crippen MR) is 84.4 cm³/mol. The fourth-order valence-corrected chi connectivity index (χ4v) is 3.52. The van der Waals surface area contributed by atoms with Crippen LogP contribution in [0.4, 0.5) is 0 Å². The summed E-state index contributed by atoms with van der Waals surface area (Å²) in [5, 5.41) is 0. The van der Waals surface area contributed by atoms with Gasteiger partial charge in [-0.3, -0.25) is 0 Å². The Balaban J connectivity index is 1.77. The van der Waals surface area contributed by atoms with Gasteiger partial charge < -0.3 is 9.80 Å². The molecule has 0 aromatic rings. The molecule has 112 valence electrons. The Morgan fingerprint density at radius 1 is 0.950 bits per heavy atom. The average molecular weight is 276 g/mol. The zero-order chi connectivity index (χ0) is 13.8. The second kappa shape index (κ2) is 6.59. The summed E-state index contributed by atoms with van der Waals surface area (Å²) < 4.78 is 0. The molecule has 0 atom stereocenters. The van der Waals surface area contributed by atoms with E-state index in [-0.39, 0.29) is 0 Å². The molecule has 0 aromatic heterocycles. The van der Waals surface area contributed by atoms with E-state index in [1.165, 1.54) is 57.2 Å². The number of nitrogens with zero attached hydrogens (tertiary/aromatic N) is 4. The van der Waals surface area contributed by atoms with Crippen molar-refractivity contribution < 1.29 is 0 Å². The van der Waals surface area contributed by atoms with Crippen molar-refractivity contribution in [3.05, 3.63) is 0 Å². The molecule has 0 radical (unpaired) electrons. The van der Waals surface area contributed by atoms with Crippen LogP contribution in [0.5, 0.6) is 0 Å². The first-order chi connectivity index (χ1) is 9.83. The molecule has 2 aliphatic heterocycles. The minimum Gasteiger partial charge on any atom is -0.363 e. The largest absolute Gasteiger partial charge is 0.363 e. The smallest absolute Gasteiger partial charge is 0.222 e. The molecule has 0 amide bonds. The Bertz CT molecular complexity index is 376. The van der Waals surface area contributed by atoms with Gasteiger partial charge in [0, 0.05) is 33.1 Å². The van der Waals surface area contributed by atoms with E-state index in [1.54, 1.807) is 0 Å². The third-order valence-corrected chi connectivity index (χ3v) is 4.83. The Hall–Kier alpha value is -1.06. The Kier molecular flexibility index (Phi) is 4.58. The van der Waals surface area contributed by atoms with Crippen molar-refractivity contribution in [1.82, 2.24) is 9.80 Å². The lowest BCUT2D eigenvalue weighted by Gasteiger charge is -2.23. The van der Waals surface area contributed by atoms with Gasteiger partial charge >= 0.3 is 0 Å². The van der Waals surface area contributed by atoms with Crippen molar-refractivity contribution in [3.63, 3.8) is 0 Å². The summed E-state index contributed by atoms with van der Waals surface area (Å²) in [7, 11) is 2.16. The Morgan fingerprint density at radius 3 is 2.35 bits per heavy atom. The lowest BCUT2D eigenvalue weighted by atomic mass is 9.96. The van der Waals surface area contributed by atoms with Crippen molar-refractivity contribution in [2.75, 3.05) is 26.7 Å². The lowest BCUT2D eigenvalue weighted by Crippen LogP contribution is -2.31. The average Bonchev–Trinajstić information content (AvgIpc) is 3.12. The van der Waals surface area contributed by atoms with Crippen LogP contribution in [0.1, 0.15) is 57.8 Å². The van der Waals surface area contributed by atoms with Gasteiger partial charge in [-0.05, 0) is 32.1 Å². The molecular weight excluding hydrogens is 248 g/mol. The summed E-state index contributed by atoms with van der Waals surface area (Å²) in [5.74, 6) is 2.28. The Labute approximate surface area is 123 Å². The van der Waals surface area contributed by atoms with Gasteiger partial charge in [0.25, 0.3) is 0 Å². The quantitative estimate of drug-likeness (QED) is 0.545. The van der Waals surface area contributed by atoms with Gasteiger partial charge in [0.15, 0.2) is 0 Å². The van der Waals surface area contributed by atoms with E-state index < -0.39 is 0 Å². The predicted octanol–water partition coefficient (Wildman–Crippen LogP) is 2.90. The minimum absolute atomic E-state index is 0.524. The summed E-state index contributed by atoms with van der Waals surface area (Å²) in [6.07, 6.45) is 11.6. The first-order valence-electron chi connectivity index (χ1n) is 8.44. The minimum atomic E-state index is 0.524. The standard InChI is InChI=1S/C16H28N4/c1-19-11-7-10-15(19)18-16(20-12-5-6-13-20)17-14-8-3-2-4-9-14/h14H,2-13H2,1H3. The molecule has 3 aliphatic rings. The third kappa shape index (κ3) is 3.33. The van der Waals surface area contributed by atoms with Crippen molar-refractivity contribution in [3.8, 4) is 0 Å². The number of aliphatic imine (C=N–C) groups is 2. The summed E-state index contributed by atoms with van der Waals surface area (Å²) in [4.78, 5) is 14.7. The normalized spacial score (nSPS) is 27.9. The van der Waals surface area contributed by atoms with Gasteiger partial charge in [-0.1, -0.05) is 19.3 Å². The molecule has 4 nitrogen and oxygen atoms in total. The molecule has 0 aromatic carbocycles. The van der Waals surface area contributed by atoms with Crippen LogP contribution >= 0.6 is 0 Å². The maximum atomic E-state index is 5.04. The Morgan fingerprint density at radius 2 is 1.70 bits per heavy atom. The number of hydrogen-bond acceptors (Lipinski definition) is 1. The van der Waals surface area contributed by atoms with Crippen LogP contribution in [-0.2, 0) is 0 Å². The molecule has 2 saturated heterocycles. The zero-order valence-corrected chi connectivity index (χ0v) is 12.9. The number of likely N-dealkylation sites (tertiary alicyclic amines) is 2. The maximum Gasteiger partial charge on any atom is 0.222 e. The molecule has 2 heterocycles. The van der Waals surface area contributed by atoms with E-state index in [2.05, 4.69) is 16.8 Å². The van der Waals surface area contributed by atoms with Crippen LogP contribution in [0, 0.1) is 0 Å². The number of guanidine groups is 1. The molecule has 0 N–H and O–H groups in total. The lowest BCUT2D eigenvalue weighted by molar-refractivity contribution is 0.430. The molecule has 3 fully saturated rings. The summed E-state index contributed by atoms with van der Waals surface area (Å²) in [6, 6.07) is 0.524. The van der Waals surface area contributed by atoms with Crippen LogP contribution in [0.15, 0.2) is 9.98 Å². The van der Waals surface area contributed by atoms with Crippen molar-refractivity contribution >= 4 is 11.8 Å². The van der Waals surface area contributed by atoms with Gasteiger partial charge in [0.05, 0.1) is 6.04 Å². The number of hydrogen-bond donors (Lipinski definition) is 0. The molecule has 0 bridgehead atoms. The molecular formula is C16H28N4. The highest BCUT2D eigenvalue weighted by Crippen LogP contribution is 2.22. The SMILES string of the molecule is CN1CCCC1=NC(=NC1CCCCC1)N1CCCC1. The van der Waals surface area contributed by atoms with E-state index in [0.717, 1.165) is 32.0 Å². The van der Waals surface area contributed by atoms with Crippen molar-refractivity contribution in [1.29, 1.82) is 0 Å². The van der Waals surface area contributed by atoms with E-state index in [9.17, 15) is 0 Å². The van der Waals surface area contributed by atoms with Crippen LogP contribution in [0.2, 0.25) is 0 Å². The van der Waals surface area contributed by atoms with E-state index in [1.807, 2.05) is 0 Å². The van der Waals surface area contributed by atoms with Gasteiger partial charge in [-0.15, -0.1) is 0 Å². The molecule has 20 heavy (non-hydrogen) atoms. The van der Waals surface area contributed by atoms with Crippen molar-refractivity contribution in [2.45, 2.75) is 63.8 Å².